The van der Waals surface area contributed by atoms with Gasteiger partial charge in [-0.05, 0) is 37.6 Å². The van der Waals surface area contributed by atoms with Crippen molar-refractivity contribution in [2.75, 3.05) is 13.1 Å². The average Bonchev–Trinajstić information content (AvgIpc) is 3.20. The molecule has 0 heterocycles. The molecule has 0 atom stereocenters. The summed E-state index contributed by atoms with van der Waals surface area (Å²) in [6, 6.07) is 0. The molecule has 1 fully saturated rings. The number of rotatable bonds is 15. The first-order valence-electron chi connectivity index (χ1n) is 9.54. The lowest BCUT2D eigenvalue weighted by Gasteiger charge is -2.14. The minimum Gasteiger partial charge on any atom is -0.316 e. The lowest BCUT2D eigenvalue weighted by molar-refractivity contribution is 0.416. The molecule has 0 amide bonds. The van der Waals surface area contributed by atoms with Crippen LogP contribution in [0.25, 0.3) is 0 Å². The van der Waals surface area contributed by atoms with Gasteiger partial charge in [-0.25, -0.2) is 0 Å². The molecule has 0 bridgehead atoms. The fourth-order valence-electron chi connectivity index (χ4n) is 3.31. The Morgan fingerprint density at radius 1 is 0.700 bits per heavy atom. The van der Waals surface area contributed by atoms with Crippen LogP contribution in [0.2, 0.25) is 0 Å². The Labute approximate surface area is 128 Å². The molecular weight excluding hydrogens is 242 g/mol. The van der Waals surface area contributed by atoms with Crippen molar-refractivity contribution in [1.29, 1.82) is 0 Å². The topological polar surface area (TPSA) is 12.0 Å². The molecule has 0 aromatic carbocycles. The second-order valence-electron chi connectivity index (χ2n) is 7.11. The van der Waals surface area contributed by atoms with Crippen LogP contribution >= 0.6 is 0 Å². The molecule has 1 saturated carbocycles. The smallest absolute Gasteiger partial charge is 0.000781 e. The van der Waals surface area contributed by atoms with Crippen molar-refractivity contribution in [2.24, 2.45) is 5.41 Å². The molecule has 0 saturated heterocycles. The monoisotopic (exact) mass is 281 g/mol. The first-order chi connectivity index (χ1) is 9.83. The highest BCUT2D eigenvalue weighted by Crippen LogP contribution is 2.48. The quantitative estimate of drug-likeness (QED) is 0.359. The second-order valence-corrected chi connectivity index (χ2v) is 7.11. The van der Waals surface area contributed by atoms with E-state index in [0.717, 1.165) is 5.41 Å². The van der Waals surface area contributed by atoms with Crippen molar-refractivity contribution < 1.29 is 0 Å². The Morgan fingerprint density at radius 3 is 1.75 bits per heavy atom. The van der Waals surface area contributed by atoms with E-state index in [2.05, 4.69) is 19.2 Å². The van der Waals surface area contributed by atoms with E-state index in [4.69, 9.17) is 0 Å². The van der Waals surface area contributed by atoms with Crippen LogP contribution in [0.4, 0.5) is 0 Å². The molecule has 1 rings (SSSR count). The molecular formula is C19H39N. The Bertz CT molecular complexity index is 208. The molecule has 0 aromatic heterocycles. The second kappa shape index (κ2) is 11.6. The lowest BCUT2D eigenvalue weighted by Crippen LogP contribution is -2.24. The number of unbranched alkanes of at least 4 members (excludes halogenated alkanes) is 9. The predicted octanol–water partition coefficient (Wildman–Crippen LogP) is 6.08. The Kier molecular flexibility index (Phi) is 10.4. The first-order valence-corrected chi connectivity index (χ1v) is 9.54. The van der Waals surface area contributed by atoms with Crippen molar-refractivity contribution >= 4 is 0 Å². The maximum absolute atomic E-state index is 3.70. The minimum absolute atomic E-state index is 0.729. The van der Waals surface area contributed by atoms with Gasteiger partial charge in [0.1, 0.15) is 0 Å². The molecule has 120 valence electrons. The van der Waals surface area contributed by atoms with E-state index >= 15 is 0 Å². The zero-order chi connectivity index (χ0) is 14.5. The van der Waals surface area contributed by atoms with Crippen LogP contribution in [0, 0.1) is 5.41 Å². The molecule has 1 aliphatic rings. The van der Waals surface area contributed by atoms with Gasteiger partial charge in [0.25, 0.3) is 0 Å². The summed E-state index contributed by atoms with van der Waals surface area (Å²) in [4.78, 5) is 0. The van der Waals surface area contributed by atoms with Gasteiger partial charge in [-0.15, -0.1) is 0 Å². The Hall–Kier alpha value is -0.0400. The summed E-state index contributed by atoms with van der Waals surface area (Å²) in [5.74, 6) is 0. The fourth-order valence-corrected chi connectivity index (χ4v) is 3.31. The van der Waals surface area contributed by atoms with Crippen molar-refractivity contribution in [3.8, 4) is 0 Å². The fraction of sp³-hybridized carbons (Fsp3) is 1.00. The summed E-state index contributed by atoms with van der Waals surface area (Å²) in [5.41, 5.74) is 0.729. The summed E-state index contributed by atoms with van der Waals surface area (Å²) in [7, 11) is 0. The molecule has 1 aliphatic carbocycles. The summed E-state index contributed by atoms with van der Waals surface area (Å²) in [6.07, 6.45) is 20.2. The van der Waals surface area contributed by atoms with Crippen LogP contribution < -0.4 is 5.32 Å². The Morgan fingerprint density at radius 2 is 1.25 bits per heavy atom. The van der Waals surface area contributed by atoms with Gasteiger partial charge in [0.05, 0.1) is 0 Å². The molecule has 1 nitrogen and oxygen atoms in total. The van der Waals surface area contributed by atoms with Gasteiger partial charge < -0.3 is 5.32 Å². The van der Waals surface area contributed by atoms with Gasteiger partial charge in [-0.1, -0.05) is 78.1 Å². The molecule has 1 heteroatoms. The predicted molar refractivity (Wildman–Crippen MR) is 91.3 cm³/mol. The van der Waals surface area contributed by atoms with E-state index in [0.29, 0.717) is 0 Å². The normalized spacial score (nSPS) is 16.5. The van der Waals surface area contributed by atoms with Crippen LogP contribution in [0.15, 0.2) is 0 Å². The molecule has 20 heavy (non-hydrogen) atoms. The third-order valence-corrected chi connectivity index (χ3v) is 4.94. The van der Waals surface area contributed by atoms with Gasteiger partial charge in [0.2, 0.25) is 0 Å². The standard InChI is InChI=1S/C19H39N/c1-3-5-6-7-8-9-10-11-12-13-17-20-18-19(14-4-2)15-16-19/h20H,3-18H2,1-2H3. The third-order valence-electron chi connectivity index (χ3n) is 4.94. The van der Waals surface area contributed by atoms with Crippen molar-refractivity contribution in [2.45, 2.75) is 104 Å². The molecule has 0 unspecified atom stereocenters. The largest absolute Gasteiger partial charge is 0.316 e. The highest BCUT2D eigenvalue weighted by Gasteiger charge is 2.40. The zero-order valence-electron chi connectivity index (χ0n) is 14.3. The molecule has 1 N–H and O–H groups in total. The van der Waals surface area contributed by atoms with Gasteiger partial charge in [0, 0.05) is 6.54 Å². The molecule has 0 aliphatic heterocycles. The molecule has 0 spiro atoms. The summed E-state index contributed by atoms with van der Waals surface area (Å²) in [5, 5.41) is 3.70. The maximum atomic E-state index is 3.70. The van der Waals surface area contributed by atoms with Crippen molar-refractivity contribution in [3.63, 3.8) is 0 Å². The van der Waals surface area contributed by atoms with Crippen LogP contribution in [0.5, 0.6) is 0 Å². The zero-order valence-corrected chi connectivity index (χ0v) is 14.3. The van der Waals surface area contributed by atoms with E-state index < -0.39 is 0 Å². The van der Waals surface area contributed by atoms with Crippen LogP contribution in [-0.2, 0) is 0 Å². The summed E-state index contributed by atoms with van der Waals surface area (Å²) < 4.78 is 0. The van der Waals surface area contributed by atoms with E-state index in [1.54, 1.807) is 0 Å². The van der Waals surface area contributed by atoms with Crippen LogP contribution in [0.1, 0.15) is 104 Å². The van der Waals surface area contributed by atoms with E-state index in [1.807, 2.05) is 0 Å². The van der Waals surface area contributed by atoms with Gasteiger partial charge >= 0.3 is 0 Å². The SMILES string of the molecule is CCCCCCCCCCCCNCC1(CCC)CC1. The van der Waals surface area contributed by atoms with Crippen molar-refractivity contribution in [3.05, 3.63) is 0 Å². The van der Waals surface area contributed by atoms with Crippen LogP contribution in [0.3, 0.4) is 0 Å². The van der Waals surface area contributed by atoms with E-state index in [-0.39, 0.29) is 0 Å². The maximum Gasteiger partial charge on any atom is 0.000781 e. The van der Waals surface area contributed by atoms with Gasteiger partial charge in [-0.3, -0.25) is 0 Å². The first kappa shape index (κ1) is 18.0. The number of hydrogen-bond acceptors (Lipinski definition) is 1. The highest BCUT2D eigenvalue weighted by molar-refractivity contribution is 4.94. The molecule has 0 aromatic rings. The van der Waals surface area contributed by atoms with Crippen molar-refractivity contribution in [1.82, 2.24) is 5.32 Å². The Balaban J connectivity index is 1.73. The average molecular weight is 282 g/mol. The summed E-state index contributed by atoms with van der Waals surface area (Å²) >= 11 is 0. The van der Waals surface area contributed by atoms with E-state index in [9.17, 15) is 0 Å². The van der Waals surface area contributed by atoms with Gasteiger partial charge in [0.15, 0.2) is 0 Å². The lowest BCUT2D eigenvalue weighted by atomic mass is 10.0. The van der Waals surface area contributed by atoms with E-state index in [1.165, 1.54) is 103 Å². The summed E-state index contributed by atoms with van der Waals surface area (Å²) in [6.45, 7) is 7.16. The number of nitrogens with one attached hydrogen (secondary N) is 1. The third kappa shape index (κ3) is 9.00. The van der Waals surface area contributed by atoms with Crippen LogP contribution in [-0.4, -0.2) is 13.1 Å². The number of hydrogen-bond donors (Lipinski definition) is 1. The minimum atomic E-state index is 0.729. The molecule has 0 radical (unpaired) electrons. The van der Waals surface area contributed by atoms with Gasteiger partial charge in [-0.2, -0.15) is 0 Å². The highest BCUT2D eigenvalue weighted by atomic mass is 14.9.